The summed E-state index contributed by atoms with van der Waals surface area (Å²) in [6.07, 6.45) is 4.55. The van der Waals surface area contributed by atoms with Gasteiger partial charge >= 0.3 is 0 Å². The molecule has 0 bridgehead atoms. The van der Waals surface area contributed by atoms with E-state index in [-0.39, 0.29) is 52.5 Å². The highest BCUT2D eigenvalue weighted by molar-refractivity contribution is 6.00. The summed E-state index contributed by atoms with van der Waals surface area (Å²) in [5.74, 6) is 1.08. The zero-order valence-corrected chi connectivity index (χ0v) is 19.8. The topological polar surface area (TPSA) is 77.8 Å². The summed E-state index contributed by atoms with van der Waals surface area (Å²) in [7, 11) is 0. The van der Waals surface area contributed by atoms with E-state index in [2.05, 4.69) is 41.5 Å². The monoisotopic (exact) mass is 418 g/mol. The minimum Gasteiger partial charge on any atom is -0.396 e. The number of allylic oxidation sites excluding steroid dienone is 1. The Morgan fingerprint density at radius 2 is 1.73 bits per heavy atom. The Hall–Kier alpha value is -0.710. The molecule has 30 heavy (non-hydrogen) atoms. The molecule has 4 nitrogen and oxygen atoms in total. The van der Waals surface area contributed by atoms with Crippen LogP contribution in [0.5, 0.6) is 0 Å². The normalized spacial score (nSPS) is 48.8. The maximum Gasteiger partial charge on any atom is 0.159 e. The summed E-state index contributed by atoms with van der Waals surface area (Å²) in [5, 5.41) is 31.7. The molecule has 4 aliphatic carbocycles. The molecule has 170 valence electrons. The third-order valence-electron chi connectivity index (χ3n) is 10.9. The number of aliphatic hydroxyl groups is 3. The second-order valence-electron chi connectivity index (χ2n) is 12.3. The Morgan fingerprint density at radius 1 is 1.07 bits per heavy atom. The van der Waals surface area contributed by atoms with Gasteiger partial charge < -0.3 is 15.3 Å². The van der Waals surface area contributed by atoms with Crippen LogP contribution in [0.2, 0.25) is 0 Å². The van der Waals surface area contributed by atoms with Gasteiger partial charge in [-0.05, 0) is 72.5 Å². The quantitative estimate of drug-likeness (QED) is 0.640. The molecule has 4 heteroatoms. The van der Waals surface area contributed by atoms with Crippen molar-refractivity contribution in [1.29, 1.82) is 0 Å². The number of ketones is 1. The molecule has 3 N–H and O–H groups in total. The lowest BCUT2D eigenvalue weighted by Crippen LogP contribution is -2.58. The number of carbonyl (C=O) groups excluding carboxylic acids is 1. The Morgan fingerprint density at radius 3 is 2.37 bits per heavy atom. The van der Waals surface area contributed by atoms with Crippen LogP contribution < -0.4 is 0 Å². The molecule has 2 fully saturated rings. The average Bonchev–Trinajstić information content (AvgIpc) is 2.86. The SMILES string of the molecule is CC(CCO)[C@H]1C[C@H](O)[C@@]2(C)C3=C(C(=O)C[C@]12C)[C@@]1(C)CC[C@H](O)C(C)(C)C1CC3. The van der Waals surface area contributed by atoms with Crippen LogP contribution in [0.1, 0.15) is 86.5 Å². The fraction of sp³-hybridized carbons (Fsp3) is 0.885. The van der Waals surface area contributed by atoms with Crippen molar-refractivity contribution in [2.45, 2.75) is 98.7 Å². The van der Waals surface area contributed by atoms with E-state index >= 15 is 0 Å². The molecule has 0 aromatic heterocycles. The van der Waals surface area contributed by atoms with Gasteiger partial charge in [0.05, 0.1) is 12.2 Å². The maximum atomic E-state index is 13.9. The van der Waals surface area contributed by atoms with Gasteiger partial charge in [-0.3, -0.25) is 4.79 Å². The van der Waals surface area contributed by atoms with Crippen molar-refractivity contribution in [1.82, 2.24) is 0 Å². The molecule has 0 aromatic rings. The van der Waals surface area contributed by atoms with Gasteiger partial charge in [-0.15, -0.1) is 0 Å². The van der Waals surface area contributed by atoms with Gasteiger partial charge in [0.25, 0.3) is 0 Å². The van der Waals surface area contributed by atoms with Gasteiger partial charge in [0.1, 0.15) is 0 Å². The molecule has 0 aromatic carbocycles. The summed E-state index contributed by atoms with van der Waals surface area (Å²) in [6, 6.07) is 0. The van der Waals surface area contributed by atoms with Crippen molar-refractivity contribution in [3.63, 3.8) is 0 Å². The molecular weight excluding hydrogens is 376 g/mol. The molecule has 0 saturated heterocycles. The Balaban J connectivity index is 1.85. The standard InChI is InChI=1S/C26H42O4/c1-15(10-12-27)17-13-21(30)26(6)16-7-8-19-23(2,3)20(29)9-11-24(19,4)22(16)18(28)14-25(17,26)5/h15,17,19-21,27,29-30H,7-14H2,1-6H3/t15?,17-,19?,20+,21+,24+,25-,26-/m1/s1. The van der Waals surface area contributed by atoms with E-state index in [4.69, 9.17) is 0 Å². The van der Waals surface area contributed by atoms with E-state index in [1.807, 2.05) is 0 Å². The Labute approximate surface area is 182 Å². The van der Waals surface area contributed by atoms with Gasteiger partial charge in [-0.1, -0.05) is 47.1 Å². The molecular formula is C26H42O4. The minimum atomic E-state index is -0.450. The number of rotatable bonds is 3. The van der Waals surface area contributed by atoms with E-state index in [1.54, 1.807) is 0 Å². The van der Waals surface area contributed by atoms with Crippen molar-refractivity contribution in [3.05, 3.63) is 11.1 Å². The van der Waals surface area contributed by atoms with E-state index < -0.39 is 11.5 Å². The fourth-order valence-corrected chi connectivity index (χ4v) is 8.84. The van der Waals surface area contributed by atoms with Crippen LogP contribution in [0.3, 0.4) is 0 Å². The average molecular weight is 419 g/mol. The first-order chi connectivity index (χ1) is 13.9. The highest BCUT2D eigenvalue weighted by Gasteiger charge is 2.68. The molecule has 0 amide bonds. The summed E-state index contributed by atoms with van der Waals surface area (Å²) >= 11 is 0. The number of carbonyl (C=O) groups is 1. The fourth-order valence-electron chi connectivity index (χ4n) is 8.84. The maximum absolute atomic E-state index is 13.9. The lowest BCUT2D eigenvalue weighted by Gasteiger charge is -2.61. The molecule has 0 radical (unpaired) electrons. The van der Waals surface area contributed by atoms with Crippen LogP contribution in [0, 0.1) is 39.4 Å². The first-order valence-electron chi connectivity index (χ1n) is 12.1. The molecule has 0 aliphatic heterocycles. The number of aliphatic hydroxyl groups excluding tert-OH is 3. The number of Topliss-reactive ketones (excluding diaryl/α,β-unsaturated/α-hetero) is 1. The smallest absolute Gasteiger partial charge is 0.159 e. The predicted molar refractivity (Wildman–Crippen MR) is 118 cm³/mol. The van der Waals surface area contributed by atoms with Crippen molar-refractivity contribution in [3.8, 4) is 0 Å². The molecule has 0 spiro atoms. The second-order valence-corrected chi connectivity index (χ2v) is 12.3. The Kier molecular flexibility index (Phi) is 5.17. The lowest BCUT2D eigenvalue weighted by molar-refractivity contribution is -0.133. The van der Waals surface area contributed by atoms with E-state index in [9.17, 15) is 20.1 Å². The van der Waals surface area contributed by atoms with Crippen LogP contribution >= 0.6 is 0 Å². The van der Waals surface area contributed by atoms with Gasteiger partial charge in [0, 0.05) is 24.0 Å². The number of fused-ring (bicyclic) bond motifs is 4. The molecule has 4 rings (SSSR count). The Bertz CT molecular complexity index is 769. The first kappa shape index (κ1) is 22.5. The number of hydrogen-bond acceptors (Lipinski definition) is 4. The molecule has 2 unspecified atom stereocenters. The molecule has 8 atom stereocenters. The summed E-state index contributed by atoms with van der Waals surface area (Å²) in [5.41, 5.74) is 1.14. The third kappa shape index (κ3) is 2.59. The van der Waals surface area contributed by atoms with Gasteiger partial charge in [-0.2, -0.15) is 0 Å². The molecule has 4 aliphatic rings. The first-order valence-corrected chi connectivity index (χ1v) is 12.1. The van der Waals surface area contributed by atoms with Crippen LogP contribution in [-0.2, 0) is 4.79 Å². The van der Waals surface area contributed by atoms with Crippen molar-refractivity contribution in [2.75, 3.05) is 6.61 Å². The largest absolute Gasteiger partial charge is 0.396 e. The lowest BCUT2D eigenvalue weighted by atomic mass is 9.43. The minimum absolute atomic E-state index is 0.152. The number of hydrogen-bond donors (Lipinski definition) is 3. The van der Waals surface area contributed by atoms with Crippen LogP contribution in [0.4, 0.5) is 0 Å². The molecule has 0 heterocycles. The van der Waals surface area contributed by atoms with Crippen LogP contribution in [-0.4, -0.2) is 39.9 Å². The third-order valence-corrected chi connectivity index (χ3v) is 10.9. The van der Waals surface area contributed by atoms with E-state index in [1.165, 1.54) is 5.57 Å². The van der Waals surface area contributed by atoms with Gasteiger partial charge in [0.15, 0.2) is 5.78 Å². The van der Waals surface area contributed by atoms with Crippen molar-refractivity contribution in [2.24, 2.45) is 39.4 Å². The highest BCUT2D eigenvalue weighted by atomic mass is 16.3. The van der Waals surface area contributed by atoms with E-state index in [0.717, 1.165) is 37.7 Å². The predicted octanol–water partition coefficient (Wildman–Crippen LogP) is 4.26. The zero-order valence-electron chi connectivity index (χ0n) is 19.8. The van der Waals surface area contributed by atoms with Crippen LogP contribution in [0.25, 0.3) is 0 Å². The van der Waals surface area contributed by atoms with E-state index in [0.29, 0.717) is 12.8 Å². The second kappa shape index (κ2) is 6.89. The van der Waals surface area contributed by atoms with Crippen LogP contribution in [0.15, 0.2) is 11.1 Å². The van der Waals surface area contributed by atoms with Gasteiger partial charge in [-0.25, -0.2) is 0 Å². The van der Waals surface area contributed by atoms with Gasteiger partial charge in [0.2, 0.25) is 0 Å². The summed E-state index contributed by atoms with van der Waals surface area (Å²) in [6.45, 7) is 13.4. The highest BCUT2D eigenvalue weighted by Crippen LogP contribution is 2.71. The molecule has 2 saturated carbocycles. The van der Waals surface area contributed by atoms with Crippen molar-refractivity contribution < 1.29 is 20.1 Å². The van der Waals surface area contributed by atoms with Crippen molar-refractivity contribution >= 4 is 5.78 Å². The zero-order chi connectivity index (χ0) is 22.3. The summed E-state index contributed by atoms with van der Waals surface area (Å²) in [4.78, 5) is 13.9. The summed E-state index contributed by atoms with van der Waals surface area (Å²) < 4.78 is 0.